The van der Waals surface area contributed by atoms with Gasteiger partial charge in [-0.1, -0.05) is 6.92 Å². The zero-order valence-corrected chi connectivity index (χ0v) is 9.34. The predicted octanol–water partition coefficient (Wildman–Crippen LogP) is -0.233. The molecule has 0 aromatic rings. The van der Waals surface area contributed by atoms with Gasteiger partial charge in [0, 0.05) is 13.1 Å². The second kappa shape index (κ2) is 7.21. The first-order valence-corrected chi connectivity index (χ1v) is 5.08. The minimum Gasteiger partial charge on any atom is -0.389 e. The van der Waals surface area contributed by atoms with E-state index >= 15 is 0 Å². The molecule has 0 fully saturated rings. The lowest BCUT2D eigenvalue weighted by atomic mass is 10.0. The SMILES string of the molecule is CCC(C)(O)CNCC(=O)NCCC#N. The van der Waals surface area contributed by atoms with Crippen molar-refractivity contribution >= 4 is 5.91 Å². The number of hydrogen-bond acceptors (Lipinski definition) is 4. The van der Waals surface area contributed by atoms with Crippen molar-refractivity contribution in [3.63, 3.8) is 0 Å². The van der Waals surface area contributed by atoms with Crippen LogP contribution in [0.2, 0.25) is 0 Å². The van der Waals surface area contributed by atoms with E-state index in [2.05, 4.69) is 10.6 Å². The molecule has 0 saturated heterocycles. The number of aliphatic hydroxyl groups is 1. The van der Waals surface area contributed by atoms with Gasteiger partial charge in [-0.15, -0.1) is 0 Å². The Kier molecular flexibility index (Phi) is 6.67. The van der Waals surface area contributed by atoms with Crippen LogP contribution in [0.3, 0.4) is 0 Å². The molecule has 0 aliphatic carbocycles. The Morgan fingerprint density at radius 2 is 2.27 bits per heavy atom. The number of rotatable bonds is 7. The van der Waals surface area contributed by atoms with Crippen LogP contribution in [-0.2, 0) is 4.79 Å². The minimum absolute atomic E-state index is 0.155. The Hall–Kier alpha value is -1.12. The average Bonchev–Trinajstić information content (AvgIpc) is 2.18. The van der Waals surface area contributed by atoms with Crippen molar-refractivity contribution in [1.82, 2.24) is 10.6 Å². The quantitative estimate of drug-likeness (QED) is 0.510. The first kappa shape index (κ1) is 13.9. The van der Waals surface area contributed by atoms with Gasteiger partial charge in [0.05, 0.1) is 24.6 Å². The maximum Gasteiger partial charge on any atom is 0.233 e. The molecule has 0 heterocycles. The third-order valence-electron chi connectivity index (χ3n) is 2.11. The molecule has 0 spiro atoms. The molecular weight excluding hydrogens is 194 g/mol. The normalized spacial score (nSPS) is 14.0. The highest BCUT2D eigenvalue weighted by molar-refractivity contribution is 5.77. The highest BCUT2D eigenvalue weighted by Crippen LogP contribution is 2.05. The molecule has 1 unspecified atom stereocenters. The molecule has 1 amide bonds. The number of nitrogens with zero attached hydrogens (tertiary/aromatic N) is 1. The van der Waals surface area contributed by atoms with Crippen LogP contribution in [0.1, 0.15) is 26.7 Å². The third-order valence-corrected chi connectivity index (χ3v) is 2.11. The molecule has 15 heavy (non-hydrogen) atoms. The first-order chi connectivity index (χ1) is 7.02. The van der Waals surface area contributed by atoms with Gasteiger partial charge in [0.15, 0.2) is 0 Å². The summed E-state index contributed by atoms with van der Waals surface area (Å²) >= 11 is 0. The molecule has 1 atom stereocenters. The Morgan fingerprint density at radius 3 is 2.80 bits per heavy atom. The van der Waals surface area contributed by atoms with E-state index in [0.717, 1.165) is 0 Å². The fourth-order valence-corrected chi connectivity index (χ4v) is 0.891. The van der Waals surface area contributed by atoms with E-state index in [4.69, 9.17) is 5.26 Å². The van der Waals surface area contributed by atoms with Crippen LogP contribution in [0.25, 0.3) is 0 Å². The highest BCUT2D eigenvalue weighted by Gasteiger charge is 2.16. The summed E-state index contributed by atoms with van der Waals surface area (Å²) in [5, 5.41) is 23.3. The minimum atomic E-state index is -0.771. The number of carbonyl (C=O) groups excluding carboxylic acids is 1. The van der Waals surface area contributed by atoms with E-state index in [1.54, 1.807) is 6.92 Å². The van der Waals surface area contributed by atoms with Crippen molar-refractivity contribution in [1.29, 1.82) is 5.26 Å². The summed E-state index contributed by atoms with van der Waals surface area (Å²) in [6, 6.07) is 1.94. The Balaban J connectivity index is 3.52. The molecule has 5 heteroatoms. The zero-order chi connectivity index (χ0) is 11.7. The maximum absolute atomic E-state index is 11.1. The van der Waals surface area contributed by atoms with Crippen molar-refractivity contribution in [2.75, 3.05) is 19.6 Å². The zero-order valence-electron chi connectivity index (χ0n) is 9.34. The van der Waals surface area contributed by atoms with Crippen LogP contribution in [0.5, 0.6) is 0 Å². The molecule has 86 valence electrons. The van der Waals surface area contributed by atoms with Gasteiger partial charge in [-0.3, -0.25) is 4.79 Å². The Bertz CT molecular complexity index is 233. The van der Waals surface area contributed by atoms with E-state index in [1.807, 2.05) is 13.0 Å². The van der Waals surface area contributed by atoms with Crippen molar-refractivity contribution in [3.05, 3.63) is 0 Å². The first-order valence-electron chi connectivity index (χ1n) is 5.08. The molecule has 3 N–H and O–H groups in total. The van der Waals surface area contributed by atoms with Crippen LogP contribution in [0, 0.1) is 11.3 Å². The van der Waals surface area contributed by atoms with E-state index in [1.165, 1.54) is 0 Å². The summed E-state index contributed by atoms with van der Waals surface area (Å²) in [7, 11) is 0. The number of hydrogen-bond donors (Lipinski definition) is 3. The summed E-state index contributed by atoms with van der Waals surface area (Å²) in [6.07, 6.45) is 0.953. The standard InChI is InChI=1S/C10H19N3O2/c1-3-10(2,15)8-12-7-9(14)13-6-4-5-11/h12,15H,3-4,6-8H2,1-2H3,(H,13,14). The summed E-state index contributed by atoms with van der Waals surface area (Å²) in [5.41, 5.74) is -0.771. The van der Waals surface area contributed by atoms with Gasteiger partial charge in [0.2, 0.25) is 5.91 Å². The van der Waals surface area contributed by atoms with Crippen molar-refractivity contribution in [2.45, 2.75) is 32.3 Å². The lowest BCUT2D eigenvalue weighted by Crippen LogP contribution is -2.42. The monoisotopic (exact) mass is 213 g/mol. The van der Waals surface area contributed by atoms with Crippen LogP contribution >= 0.6 is 0 Å². The number of nitrogens with one attached hydrogen (secondary N) is 2. The van der Waals surface area contributed by atoms with Crippen LogP contribution in [0.15, 0.2) is 0 Å². The highest BCUT2D eigenvalue weighted by atomic mass is 16.3. The van der Waals surface area contributed by atoms with Gasteiger partial charge in [-0.25, -0.2) is 0 Å². The lowest BCUT2D eigenvalue weighted by molar-refractivity contribution is -0.120. The molecule has 0 saturated carbocycles. The molecule has 5 nitrogen and oxygen atoms in total. The smallest absolute Gasteiger partial charge is 0.233 e. The fourth-order valence-electron chi connectivity index (χ4n) is 0.891. The van der Waals surface area contributed by atoms with E-state index in [-0.39, 0.29) is 12.5 Å². The molecule has 0 aliphatic heterocycles. The van der Waals surface area contributed by atoms with E-state index in [0.29, 0.717) is 25.9 Å². The number of amides is 1. The molecule has 0 aromatic heterocycles. The molecule has 0 radical (unpaired) electrons. The summed E-state index contributed by atoms with van der Waals surface area (Å²) in [4.78, 5) is 11.1. The van der Waals surface area contributed by atoms with Crippen molar-refractivity contribution in [2.24, 2.45) is 0 Å². The number of carbonyl (C=O) groups is 1. The van der Waals surface area contributed by atoms with Gasteiger partial charge in [0.25, 0.3) is 0 Å². The average molecular weight is 213 g/mol. The third kappa shape index (κ3) is 7.91. The van der Waals surface area contributed by atoms with E-state index in [9.17, 15) is 9.90 Å². The van der Waals surface area contributed by atoms with Crippen molar-refractivity contribution < 1.29 is 9.90 Å². The molecule has 0 aromatic carbocycles. The molecular formula is C10H19N3O2. The lowest BCUT2D eigenvalue weighted by Gasteiger charge is -2.21. The maximum atomic E-state index is 11.1. The summed E-state index contributed by atoms with van der Waals surface area (Å²) in [5.74, 6) is -0.155. The van der Waals surface area contributed by atoms with Gasteiger partial charge >= 0.3 is 0 Å². The second-order valence-electron chi connectivity index (χ2n) is 3.71. The van der Waals surface area contributed by atoms with Gasteiger partial charge in [-0.2, -0.15) is 5.26 Å². The molecule has 0 aliphatic rings. The Labute approximate surface area is 90.5 Å². The largest absolute Gasteiger partial charge is 0.389 e. The van der Waals surface area contributed by atoms with Gasteiger partial charge in [-0.05, 0) is 13.3 Å². The summed E-state index contributed by atoms with van der Waals surface area (Å²) in [6.45, 7) is 4.53. The Morgan fingerprint density at radius 1 is 1.60 bits per heavy atom. The van der Waals surface area contributed by atoms with Crippen LogP contribution in [0.4, 0.5) is 0 Å². The molecule has 0 rings (SSSR count). The predicted molar refractivity (Wildman–Crippen MR) is 57.0 cm³/mol. The number of nitriles is 1. The fraction of sp³-hybridized carbons (Fsp3) is 0.800. The van der Waals surface area contributed by atoms with E-state index < -0.39 is 5.60 Å². The van der Waals surface area contributed by atoms with Crippen LogP contribution in [-0.4, -0.2) is 36.2 Å². The van der Waals surface area contributed by atoms with Crippen LogP contribution < -0.4 is 10.6 Å². The van der Waals surface area contributed by atoms with Crippen molar-refractivity contribution in [3.8, 4) is 6.07 Å². The topological polar surface area (TPSA) is 85.2 Å². The van der Waals surface area contributed by atoms with Gasteiger partial charge < -0.3 is 15.7 Å². The second-order valence-corrected chi connectivity index (χ2v) is 3.71. The summed E-state index contributed by atoms with van der Waals surface area (Å²) < 4.78 is 0. The van der Waals surface area contributed by atoms with Gasteiger partial charge in [0.1, 0.15) is 0 Å². The molecule has 0 bridgehead atoms.